The van der Waals surface area contributed by atoms with E-state index in [2.05, 4.69) is 35.1 Å². The molecule has 7 heteroatoms. The highest BCUT2D eigenvalue weighted by Crippen LogP contribution is 2.73. The Bertz CT molecular complexity index is 951. The molecule has 2 spiro atoms. The minimum atomic E-state index is -0.611. The molecule has 0 radical (unpaired) electrons. The SMILES string of the molecule is CO[C@]12C=C[C@@]3(C[C@@H]1N(CCCl)CCCl)[C@H]1Cc4ccc(O)c5c4[C@@]3(CCN1C)[C@H]2O5. The second-order valence-corrected chi connectivity index (χ2v) is 10.7. The summed E-state index contributed by atoms with van der Waals surface area (Å²) >= 11 is 12.5. The zero-order chi connectivity index (χ0) is 21.6. The zero-order valence-electron chi connectivity index (χ0n) is 18.1. The molecule has 2 fully saturated rings. The number of likely N-dealkylation sites (tertiary alicyclic amines) is 1. The van der Waals surface area contributed by atoms with Gasteiger partial charge in [0.2, 0.25) is 0 Å². The third-order valence-electron chi connectivity index (χ3n) is 9.22. The highest BCUT2D eigenvalue weighted by Gasteiger charge is 2.79. The molecule has 0 unspecified atom stereocenters. The first-order valence-corrected chi connectivity index (χ1v) is 12.4. The molecule has 1 saturated carbocycles. The second kappa shape index (κ2) is 6.77. The third-order valence-corrected chi connectivity index (χ3v) is 9.56. The van der Waals surface area contributed by atoms with Gasteiger partial charge in [-0.25, -0.2) is 0 Å². The molecular formula is C24H30Cl2N2O3. The topological polar surface area (TPSA) is 45.2 Å². The summed E-state index contributed by atoms with van der Waals surface area (Å²) in [6.45, 7) is 2.54. The third kappa shape index (κ3) is 2.21. The Morgan fingerprint density at radius 1 is 1.26 bits per heavy atom. The fraction of sp³-hybridized carbons (Fsp3) is 0.667. The van der Waals surface area contributed by atoms with Gasteiger partial charge in [0.05, 0.1) is 5.41 Å². The maximum Gasteiger partial charge on any atom is 0.165 e. The molecule has 1 saturated heterocycles. The lowest BCUT2D eigenvalue weighted by Crippen LogP contribution is -2.81. The lowest BCUT2D eigenvalue weighted by atomic mass is 9.38. The summed E-state index contributed by atoms with van der Waals surface area (Å²) in [5.41, 5.74) is 1.70. The summed E-state index contributed by atoms with van der Waals surface area (Å²) < 4.78 is 13.2. The first kappa shape index (κ1) is 20.6. The van der Waals surface area contributed by atoms with Crippen LogP contribution in [-0.4, -0.2) is 84.2 Å². The molecule has 4 aliphatic carbocycles. The molecule has 6 atom stereocenters. The number of alkyl halides is 2. The van der Waals surface area contributed by atoms with Gasteiger partial charge in [0, 0.05) is 55.0 Å². The van der Waals surface area contributed by atoms with Crippen molar-refractivity contribution in [2.75, 3.05) is 45.6 Å². The van der Waals surface area contributed by atoms with Crippen molar-refractivity contribution in [1.29, 1.82) is 0 Å². The van der Waals surface area contributed by atoms with Crippen LogP contribution in [0.5, 0.6) is 11.5 Å². The van der Waals surface area contributed by atoms with Gasteiger partial charge in [-0.05, 0) is 44.5 Å². The number of piperidine rings is 1. The van der Waals surface area contributed by atoms with Crippen molar-refractivity contribution in [3.05, 3.63) is 35.4 Å². The van der Waals surface area contributed by atoms with E-state index in [9.17, 15) is 5.11 Å². The molecule has 6 aliphatic rings. The van der Waals surface area contributed by atoms with Crippen LogP contribution in [0.15, 0.2) is 24.3 Å². The van der Waals surface area contributed by atoms with E-state index in [1.54, 1.807) is 13.2 Å². The highest BCUT2D eigenvalue weighted by molar-refractivity contribution is 6.18. The lowest BCUT2D eigenvalue weighted by Gasteiger charge is -2.71. The van der Waals surface area contributed by atoms with Crippen LogP contribution in [0.1, 0.15) is 24.0 Å². The van der Waals surface area contributed by atoms with Crippen molar-refractivity contribution in [2.45, 2.75) is 48.5 Å². The largest absolute Gasteiger partial charge is 0.504 e. The van der Waals surface area contributed by atoms with E-state index in [4.69, 9.17) is 32.7 Å². The molecule has 168 valence electrons. The van der Waals surface area contributed by atoms with Gasteiger partial charge >= 0.3 is 0 Å². The Morgan fingerprint density at radius 3 is 2.74 bits per heavy atom. The number of nitrogens with zero attached hydrogens (tertiary/aromatic N) is 2. The molecule has 7 rings (SSSR count). The summed E-state index contributed by atoms with van der Waals surface area (Å²) in [7, 11) is 4.06. The van der Waals surface area contributed by atoms with Crippen LogP contribution in [0, 0.1) is 5.41 Å². The van der Waals surface area contributed by atoms with Crippen LogP contribution in [-0.2, 0) is 16.6 Å². The first-order chi connectivity index (χ1) is 15.0. The standard InChI is InChI=1S/C24H30Cl2N2O3/c1-27-10-7-23-19-15-3-4-16(29)20(19)31-21(23)24(30-2)6-5-22(23,17(27)13-15)14-18(24)28(11-8-25)12-9-26/h3-6,17-18,21,29H,7-14H2,1-2H3/t17-,18+,21-,22-,23+,24-/m1/s1. The molecule has 2 aliphatic heterocycles. The monoisotopic (exact) mass is 464 g/mol. The summed E-state index contributed by atoms with van der Waals surface area (Å²) in [4.78, 5) is 4.94. The number of aromatic hydroxyl groups is 1. The van der Waals surface area contributed by atoms with Gasteiger partial charge in [0.1, 0.15) is 11.7 Å². The van der Waals surface area contributed by atoms with Crippen LogP contribution in [0.25, 0.3) is 0 Å². The smallest absolute Gasteiger partial charge is 0.165 e. The van der Waals surface area contributed by atoms with Crippen molar-refractivity contribution in [3.8, 4) is 11.5 Å². The lowest BCUT2D eigenvalue weighted by molar-refractivity contribution is -0.217. The van der Waals surface area contributed by atoms with Crippen molar-refractivity contribution >= 4 is 23.2 Å². The molecular weight excluding hydrogens is 435 g/mol. The molecule has 1 aromatic carbocycles. The summed E-state index contributed by atoms with van der Waals surface area (Å²) in [5, 5.41) is 10.8. The number of likely N-dealkylation sites (N-methyl/N-ethyl adjacent to an activating group) is 1. The first-order valence-electron chi connectivity index (χ1n) is 11.3. The Hall–Kier alpha value is -0.980. The van der Waals surface area contributed by atoms with E-state index in [1.165, 1.54) is 11.1 Å². The normalized spacial score (nSPS) is 41.5. The van der Waals surface area contributed by atoms with E-state index in [0.717, 1.165) is 38.9 Å². The van der Waals surface area contributed by atoms with Crippen LogP contribution in [0.3, 0.4) is 0 Å². The average Bonchev–Trinajstić information content (AvgIpc) is 3.15. The number of hydrogen-bond acceptors (Lipinski definition) is 5. The molecule has 4 bridgehead atoms. The van der Waals surface area contributed by atoms with E-state index in [-0.39, 0.29) is 28.7 Å². The fourth-order valence-corrected chi connectivity index (χ4v) is 8.51. The van der Waals surface area contributed by atoms with Gasteiger partial charge in [-0.1, -0.05) is 18.2 Å². The number of rotatable bonds is 6. The van der Waals surface area contributed by atoms with Gasteiger partial charge in [0.15, 0.2) is 11.5 Å². The summed E-state index contributed by atoms with van der Waals surface area (Å²) in [6.07, 6.45) is 7.50. The Balaban J connectivity index is 1.61. The second-order valence-electron chi connectivity index (χ2n) is 9.93. The van der Waals surface area contributed by atoms with Crippen LogP contribution in [0.4, 0.5) is 0 Å². The molecule has 2 heterocycles. The Morgan fingerprint density at radius 2 is 2.03 bits per heavy atom. The Labute approximate surface area is 193 Å². The van der Waals surface area contributed by atoms with Crippen molar-refractivity contribution in [3.63, 3.8) is 0 Å². The Kier molecular flexibility index (Phi) is 4.50. The summed E-state index contributed by atoms with van der Waals surface area (Å²) in [5.74, 6) is 2.03. The number of ether oxygens (including phenoxy) is 2. The van der Waals surface area contributed by atoms with Crippen molar-refractivity contribution in [2.24, 2.45) is 5.41 Å². The predicted octanol–water partition coefficient (Wildman–Crippen LogP) is 3.14. The maximum atomic E-state index is 10.8. The van der Waals surface area contributed by atoms with Gasteiger partial charge in [-0.15, -0.1) is 23.2 Å². The van der Waals surface area contributed by atoms with Crippen LogP contribution < -0.4 is 4.74 Å². The minimum Gasteiger partial charge on any atom is -0.504 e. The maximum absolute atomic E-state index is 10.8. The summed E-state index contributed by atoms with van der Waals surface area (Å²) in [6, 6.07) is 4.41. The van der Waals surface area contributed by atoms with E-state index < -0.39 is 5.60 Å². The number of hydrogen-bond donors (Lipinski definition) is 1. The minimum absolute atomic E-state index is 0.0709. The number of phenols is 1. The van der Waals surface area contributed by atoms with E-state index >= 15 is 0 Å². The molecule has 1 aromatic rings. The van der Waals surface area contributed by atoms with Crippen molar-refractivity contribution in [1.82, 2.24) is 9.80 Å². The quantitative estimate of drug-likeness (QED) is 0.517. The van der Waals surface area contributed by atoms with Crippen molar-refractivity contribution < 1.29 is 14.6 Å². The van der Waals surface area contributed by atoms with E-state index in [1.807, 2.05) is 0 Å². The zero-order valence-corrected chi connectivity index (χ0v) is 19.6. The fourth-order valence-electron chi connectivity index (χ4n) is 8.07. The van der Waals surface area contributed by atoms with Crippen LogP contribution in [0.2, 0.25) is 0 Å². The predicted molar refractivity (Wildman–Crippen MR) is 122 cm³/mol. The van der Waals surface area contributed by atoms with Crippen LogP contribution >= 0.6 is 23.2 Å². The van der Waals surface area contributed by atoms with Gasteiger partial charge in [-0.3, -0.25) is 4.90 Å². The van der Waals surface area contributed by atoms with Gasteiger partial charge in [0.25, 0.3) is 0 Å². The van der Waals surface area contributed by atoms with Gasteiger partial charge < -0.3 is 19.5 Å². The molecule has 1 N–H and O–H groups in total. The molecule has 0 aromatic heterocycles. The number of phenolic OH excluding ortho intramolecular Hbond substituents is 1. The number of benzene rings is 1. The van der Waals surface area contributed by atoms with E-state index in [0.29, 0.717) is 23.6 Å². The number of halogens is 2. The average molecular weight is 465 g/mol. The number of fused-ring (bicyclic) bond motifs is 1. The van der Waals surface area contributed by atoms with Gasteiger partial charge in [-0.2, -0.15) is 0 Å². The number of methoxy groups -OCH3 is 1. The molecule has 31 heavy (non-hydrogen) atoms. The molecule has 0 amide bonds. The molecule has 5 nitrogen and oxygen atoms in total. The highest BCUT2D eigenvalue weighted by atomic mass is 35.5.